The molecule has 5 fully saturated rings. The molecule has 0 N–H and O–H groups in total. The molecule has 4 nitrogen and oxygen atoms in total. The highest BCUT2D eigenvalue weighted by Crippen LogP contribution is 2.73. The van der Waals surface area contributed by atoms with Crippen molar-refractivity contribution in [1.82, 2.24) is 0 Å². The van der Waals surface area contributed by atoms with Gasteiger partial charge in [0.25, 0.3) is 0 Å². The molecule has 5 aliphatic rings. The van der Waals surface area contributed by atoms with Crippen LogP contribution in [0.3, 0.4) is 0 Å². The lowest BCUT2D eigenvalue weighted by Gasteiger charge is -2.40. The number of cyclic esters (lactones) is 1. The molecule has 4 saturated carbocycles. The van der Waals surface area contributed by atoms with Gasteiger partial charge in [0.15, 0.2) is 0 Å². The Kier molecular flexibility index (Phi) is 2.90. The Labute approximate surface area is 143 Å². The predicted octanol–water partition coefficient (Wildman–Crippen LogP) is 3.11. The van der Waals surface area contributed by atoms with Gasteiger partial charge in [-0.3, -0.25) is 4.79 Å². The van der Waals surface area contributed by atoms with Crippen molar-refractivity contribution in [1.29, 1.82) is 0 Å². The van der Waals surface area contributed by atoms with Crippen LogP contribution in [0.15, 0.2) is 12.7 Å². The van der Waals surface area contributed by atoms with Gasteiger partial charge in [0.1, 0.15) is 5.60 Å². The summed E-state index contributed by atoms with van der Waals surface area (Å²) in [5.74, 6) is 3.59. The van der Waals surface area contributed by atoms with Crippen molar-refractivity contribution in [2.75, 3.05) is 6.61 Å². The molecule has 4 heteroatoms. The smallest absolute Gasteiger partial charge is 0.330 e. The van der Waals surface area contributed by atoms with Crippen LogP contribution in [0.4, 0.5) is 0 Å². The first kappa shape index (κ1) is 15.0. The molecule has 0 aromatic heterocycles. The molecule has 8 atom stereocenters. The molecule has 1 spiro atoms. The average molecular weight is 330 g/mol. The molecule has 5 rings (SSSR count). The lowest BCUT2D eigenvalue weighted by Crippen LogP contribution is -2.41. The minimum atomic E-state index is -0.355. The third-order valence-corrected chi connectivity index (χ3v) is 8.13. The predicted molar refractivity (Wildman–Crippen MR) is 86.7 cm³/mol. The molecule has 0 radical (unpaired) electrons. The first-order valence-corrected chi connectivity index (χ1v) is 9.48. The Bertz CT molecular complexity index is 627. The van der Waals surface area contributed by atoms with E-state index in [2.05, 4.69) is 13.5 Å². The number of fused-ring (bicyclic) bond motifs is 10. The minimum Gasteiger partial charge on any atom is -0.465 e. The quantitative estimate of drug-likeness (QED) is 0.443. The van der Waals surface area contributed by atoms with Crippen LogP contribution < -0.4 is 0 Å². The average Bonchev–Trinajstić information content (AvgIpc) is 3.24. The van der Waals surface area contributed by atoms with Gasteiger partial charge in [-0.15, -0.1) is 0 Å². The van der Waals surface area contributed by atoms with Gasteiger partial charge < -0.3 is 9.47 Å². The SMILES string of the molecule is C=CC(=O)OC1(C)CC2CC(C1)C1C2C2CC1C1(CCOC1=O)C2. The molecule has 8 unspecified atom stereocenters. The largest absolute Gasteiger partial charge is 0.465 e. The highest BCUT2D eigenvalue weighted by molar-refractivity contribution is 5.81. The second kappa shape index (κ2) is 4.64. The van der Waals surface area contributed by atoms with Crippen LogP contribution in [0.5, 0.6) is 0 Å². The number of carbonyl (C=O) groups excluding carboxylic acids is 2. The first-order valence-electron chi connectivity index (χ1n) is 9.48. The molecule has 0 aromatic rings. The molecule has 1 saturated heterocycles. The van der Waals surface area contributed by atoms with Gasteiger partial charge in [-0.2, -0.15) is 0 Å². The molecule has 1 heterocycles. The summed E-state index contributed by atoms with van der Waals surface area (Å²) in [5.41, 5.74) is -0.524. The van der Waals surface area contributed by atoms with E-state index in [0.29, 0.717) is 36.2 Å². The van der Waals surface area contributed by atoms with Gasteiger partial charge in [-0.05, 0) is 81.0 Å². The Morgan fingerprint density at radius 2 is 1.92 bits per heavy atom. The summed E-state index contributed by atoms with van der Waals surface area (Å²) in [6.45, 7) is 6.24. The van der Waals surface area contributed by atoms with Gasteiger partial charge in [-0.25, -0.2) is 4.79 Å². The van der Waals surface area contributed by atoms with E-state index < -0.39 is 0 Å². The van der Waals surface area contributed by atoms with Gasteiger partial charge in [0.2, 0.25) is 0 Å². The number of hydrogen-bond donors (Lipinski definition) is 0. The summed E-state index contributed by atoms with van der Waals surface area (Å²) in [4.78, 5) is 24.2. The van der Waals surface area contributed by atoms with Gasteiger partial charge in [0.05, 0.1) is 12.0 Å². The Morgan fingerprint density at radius 3 is 2.58 bits per heavy atom. The van der Waals surface area contributed by atoms with Crippen LogP contribution >= 0.6 is 0 Å². The standard InChI is InChI=1S/C20H26O4/c1-3-15(21)24-19(2)8-11-6-12(9-19)17-14-7-13(16(11)17)10-20(14)4-5-23-18(20)22/h3,11-14,16-17H,1,4-10H2,2H3. The molecular weight excluding hydrogens is 304 g/mol. The Morgan fingerprint density at radius 1 is 1.21 bits per heavy atom. The van der Waals surface area contributed by atoms with Crippen molar-refractivity contribution in [3.05, 3.63) is 12.7 Å². The van der Waals surface area contributed by atoms with E-state index in [0.717, 1.165) is 31.6 Å². The maximum Gasteiger partial charge on any atom is 0.330 e. The van der Waals surface area contributed by atoms with Gasteiger partial charge in [-0.1, -0.05) is 6.58 Å². The van der Waals surface area contributed by atoms with Gasteiger partial charge >= 0.3 is 11.9 Å². The zero-order chi connectivity index (χ0) is 16.7. The summed E-state index contributed by atoms with van der Waals surface area (Å²) >= 11 is 0. The van der Waals surface area contributed by atoms with E-state index in [9.17, 15) is 9.59 Å². The molecule has 0 amide bonds. The number of carbonyl (C=O) groups is 2. The monoisotopic (exact) mass is 330 g/mol. The molecule has 4 aliphatic carbocycles. The molecule has 4 bridgehead atoms. The third kappa shape index (κ3) is 1.75. The van der Waals surface area contributed by atoms with Gasteiger partial charge in [0, 0.05) is 6.08 Å². The zero-order valence-electron chi connectivity index (χ0n) is 14.3. The van der Waals surface area contributed by atoms with E-state index in [4.69, 9.17) is 9.47 Å². The second-order valence-electron chi connectivity index (χ2n) is 9.24. The number of esters is 2. The Balaban J connectivity index is 1.44. The van der Waals surface area contributed by atoms with Crippen molar-refractivity contribution in [3.8, 4) is 0 Å². The lowest BCUT2D eigenvalue weighted by atomic mass is 9.62. The highest BCUT2D eigenvalue weighted by atomic mass is 16.6. The van der Waals surface area contributed by atoms with Crippen LogP contribution in [0.1, 0.15) is 45.4 Å². The molecule has 1 aliphatic heterocycles. The topological polar surface area (TPSA) is 52.6 Å². The number of ether oxygens (including phenoxy) is 2. The first-order chi connectivity index (χ1) is 11.5. The molecule has 24 heavy (non-hydrogen) atoms. The lowest BCUT2D eigenvalue weighted by molar-refractivity contribution is -0.157. The minimum absolute atomic E-state index is 0.0794. The van der Waals surface area contributed by atoms with Crippen molar-refractivity contribution in [2.24, 2.45) is 40.9 Å². The fourth-order valence-corrected chi connectivity index (χ4v) is 7.79. The van der Waals surface area contributed by atoms with Crippen LogP contribution in [0.25, 0.3) is 0 Å². The van der Waals surface area contributed by atoms with Crippen molar-refractivity contribution in [3.63, 3.8) is 0 Å². The Hall–Kier alpha value is -1.32. The molecular formula is C20H26O4. The molecule has 0 aromatic carbocycles. The maximum atomic E-state index is 12.5. The van der Waals surface area contributed by atoms with Crippen molar-refractivity contribution < 1.29 is 19.1 Å². The van der Waals surface area contributed by atoms with Crippen molar-refractivity contribution in [2.45, 2.75) is 51.0 Å². The van der Waals surface area contributed by atoms with Crippen LogP contribution in [0, 0.1) is 40.9 Å². The van der Waals surface area contributed by atoms with Crippen LogP contribution in [-0.2, 0) is 19.1 Å². The number of rotatable bonds is 2. The maximum absolute atomic E-state index is 12.5. The van der Waals surface area contributed by atoms with E-state index in [-0.39, 0.29) is 23.0 Å². The highest BCUT2D eigenvalue weighted by Gasteiger charge is 2.70. The van der Waals surface area contributed by atoms with E-state index >= 15 is 0 Å². The normalized spacial score (nSPS) is 54.0. The fraction of sp³-hybridized carbons (Fsp3) is 0.800. The summed E-state index contributed by atoms with van der Waals surface area (Å²) in [5, 5.41) is 0. The van der Waals surface area contributed by atoms with Crippen LogP contribution in [-0.4, -0.2) is 24.1 Å². The number of hydrogen-bond acceptors (Lipinski definition) is 4. The summed E-state index contributed by atoms with van der Waals surface area (Å²) in [6.07, 6.45) is 7.65. The molecule has 130 valence electrons. The van der Waals surface area contributed by atoms with Crippen molar-refractivity contribution >= 4 is 11.9 Å². The third-order valence-electron chi connectivity index (χ3n) is 8.13. The van der Waals surface area contributed by atoms with E-state index in [1.807, 2.05) is 0 Å². The summed E-state index contributed by atoms with van der Waals surface area (Å²) in [7, 11) is 0. The van der Waals surface area contributed by atoms with Crippen LogP contribution in [0.2, 0.25) is 0 Å². The summed E-state index contributed by atoms with van der Waals surface area (Å²) < 4.78 is 11.1. The summed E-state index contributed by atoms with van der Waals surface area (Å²) in [6, 6.07) is 0. The van der Waals surface area contributed by atoms with E-state index in [1.165, 1.54) is 18.9 Å². The second-order valence-corrected chi connectivity index (χ2v) is 9.24. The zero-order valence-corrected chi connectivity index (χ0v) is 14.3. The van der Waals surface area contributed by atoms with E-state index in [1.54, 1.807) is 0 Å². The fourth-order valence-electron chi connectivity index (χ4n) is 7.79.